The van der Waals surface area contributed by atoms with E-state index in [0.717, 1.165) is 24.9 Å². The maximum Gasteiger partial charge on any atom is 0.255 e. The molecule has 0 radical (unpaired) electrons. The SMILES string of the molecule is CCCCN(C)C(=O)c1ccn(C(C)(C)C)c1. The number of nitrogens with zero attached hydrogens (tertiary/aromatic N) is 2. The highest BCUT2D eigenvalue weighted by Crippen LogP contribution is 2.16. The first-order chi connectivity index (χ1) is 7.86. The Morgan fingerprint density at radius 3 is 2.53 bits per heavy atom. The lowest BCUT2D eigenvalue weighted by molar-refractivity contribution is 0.0793. The minimum atomic E-state index is 0.0283. The molecule has 0 spiro atoms. The molecule has 0 atom stereocenters. The summed E-state index contributed by atoms with van der Waals surface area (Å²) in [6.45, 7) is 9.34. The fraction of sp³-hybridized carbons (Fsp3) is 0.643. The van der Waals surface area contributed by atoms with Gasteiger partial charge in [0.1, 0.15) is 0 Å². The first-order valence-electron chi connectivity index (χ1n) is 6.30. The van der Waals surface area contributed by atoms with Gasteiger partial charge in [-0.2, -0.15) is 0 Å². The highest BCUT2D eigenvalue weighted by Gasteiger charge is 2.17. The summed E-state index contributed by atoms with van der Waals surface area (Å²) in [7, 11) is 1.87. The van der Waals surface area contributed by atoms with Gasteiger partial charge < -0.3 is 9.47 Å². The van der Waals surface area contributed by atoms with Crippen molar-refractivity contribution >= 4 is 5.91 Å². The van der Waals surface area contributed by atoms with E-state index in [-0.39, 0.29) is 11.4 Å². The molecule has 1 heterocycles. The van der Waals surface area contributed by atoms with Gasteiger partial charge in [-0.1, -0.05) is 13.3 Å². The van der Waals surface area contributed by atoms with Crippen LogP contribution in [0.4, 0.5) is 0 Å². The van der Waals surface area contributed by atoms with Gasteiger partial charge in [0.2, 0.25) is 0 Å². The molecule has 0 fully saturated rings. The zero-order valence-electron chi connectivity index (χ0n) is 11.7. The van der Waals surface area contributed by atoms with Gasteiger partial charge in [0.15, 0.2) is 0 Å². The highest BCUT2D eigenvalue weighted by atomic mass is 16.2. The van der Waals surface area contributed by atoms with E-state index in [1.165, 1.54) is 0 Å². The van der Waals surface area contributed by atoms with Crippen molar-refractivity contribution in [1.82, 2.24) is 9.47 Å². The minimum absolute atomic E-state index is 0.0283. The van der Waals surface area contributed by atoms with Crippen LogP contribution in [0.15, 0.2) is 18.5 Å². The maximum absolute atomic E-state index is 12.1. The summed E-state index contributed by atoms with van der Waals surface area (Å²) in [5, 5.41) is 0. The van der Waals surface area contributed by atoms with Gasteiger partial charge in [-0.3, -0.25) is 4.79 Å². The van der Waals surface area contributed by atoms with E-state index in [9.17, 15) is 4.79 Å². The summed E-state index contributed by atoms with van der Waals surface area (Å²) in [5.41, 5.74) is 0.805. The van der Waals surface area contributed by atoms with Crippen LogP contribution in [0.3, 0.4) is 0 Å². The van der Waals surface area contributed by atoms with E-state index in [0.29, 0.717) is 0 Å². The number of unbranched alkanes of at least 4 members (excludes halogenated alkanes) is 1. The average molecular weight is 236 g/mol. The van der Waals surface area contributed by atoms with Crippen LogP contribution in [0, 0.1) is 0 Å². The Kier molecular flexibility index (Phi) is 4.38. The summed E-state index contributed by atoms with van der Waals surface area (Å²) in [4.78, 5) is 13.9. The summed E-state index contributed by atoms with van der Waals surface area (Å²) in [6, 6.07) is 1.90. The Morgan fingerprint density at radius 2 is 2.06 bits per heavy atom. The Bertz CT molecular complexity index is 374. The van der Waals surface area contributed by atoms with Gasteiger partial charge >= 0.3 is 0 Å². The molecule has 96 valence electrons. The Hall–Kier alpha value is -1.25. The molecule has 0 aliphatic carbocycles. The fourth-order valence-corrected chi connectivity index (χ4v) is 1.66. The van der Waals surface area contributed by atoms with Crippen LogP contribution < -0.4 is 0 Å². The summed E-state index contributed by atoms with van der Waals surface area (Å²) in [6.07, 6.45) is 6.08. The predicted molar refractivity (Wildman–Crippen MR) is 71.3 cm³/mol. The van der Waals surface area contributed by atoms with Crippen molar-refractivity contribution in [2.45, 2.75) is 46.1 Å². The van der Waals surface area contributed by atoms with Crippen molar-refractivity contribution in [3.63, 3.8) is 0 Å². The van der Waals surface area contributed by atoms with Crippen LogP contribution in [0.25, 0.3) is 0 Å². The molecule has 1 aromatic rings. The first-order valence-corrected chi connectivity index (χ1v) is 6.30. The molecule has 0 saturated heterocycles. The van der Waals surface area contributed by atoms with Gasteiger partial charge in [0, 0.05) is 31.5 Å². The van der Waals surface area contributed by atoms with E-state index in [2.05, 4.69) is 32.3 Å². The molecule has 0 N–H and O–H groups in total. The monoisotopic (exact) mass is 236 g/mol. The quantitative estimate of drug-likeness (QED) is 0.788. The van der Waals surface area contributed by atoms with Gasteiger partial charge in [-0.15, -0.1) is 0 Å². The van der Waals surface area contributed by atoms with Gasteiger partial charge in [0.05, 0.1) is 5.56 Å². The smallest absolute Gasteiger partial charge is 0.255 e. The Balaban J connectivity index is 2.73. The largest absolute Gasteiger partial charge is 0.348 e. The number of carbonyl (C=O) groups excluding carboxylic acids is 1. The maximum atomic E-state index is 12.1. The molecule has 1 rings (SSSR count). The lowest BCUT2D eigenvalue weighted by Gasteiger charge is -2.21. The number of rotatable bonds is 4. The second kappa shape index (κ2) is 5.39. The van der Waals surface area contributed by atoms with E-state index in [4.69, 9.17) is 0 Å². The molecule has 3 heteroatoms. The molecule has 0 aromatic carbocycles. The molecule has 3 nitrogen and oxygen atoms in total. The van der Waals surface area contributed by atoms with E-state index < -0.39 is 0 Å². The summed E-state index contributed by atoms with van der Waals surface area (Å²) >= 11 is 0. The number of hydrogen-bond acceptors (Lipinski definition) is 1. The molecule has 0 aliphatic rings. The zero-order valence-corrected chi connectivity index (χ0v) is 11.7. The lowest BCUT2D eigenvalue weighted by Crippen LogP contribution is -2.27. The minimum Gasteiger partial charge on any atom is -0.348 e. The fourth-order valence-electron chi connectivity index (χ4n) is 1.66. The predicted octanol–water partition coefficient (Wildman–Crippen LogP) is 3.12. The standard InChI is InChI=1S/C14H24N2O/c1-6-7-9-15(5)13(17)12-8-10-16(11-12)14(2,3)4/h8,10-11H,6-7,9H2,1-5H3. The molecule has 0 unspecified atom stereocenters. The first kappa shape index (κ1) is 13.8. The second-order valence-electron chi connectivity index (χ2n) is 5.56. The molecule has 1 aromatic heterocycles. The third-order valence-electron chi connectivity index (χ3n) is 2.91. The van der Waals surface area contributed by atoms with Crippen molar-refractivity contribution in [3.8, 4) is 0 Å². The normalized spacial score (nSPS) is 11.6. The Morgan fingerprint density at radius 1 is 1.41 bits per heavy atom. The van der Waals surface area contributed by atoms with Crippen LogP contribution in [-0.4, -0.2) is 29.0 Å². The summed E-state index contributed by atoms with van der Waals surface area (Å²) in [5.74, 6) is 0.112. The van der Waals surface area contributed by atoms with Crippen LogP contribution in [0.1, 0.15) is 50.9 Å². The lowest BCUT2D eigenvalue weighted by atomic mass is 10.1. The number of carbonyl (C=O) groups is 1. The number of amides is 1. The van der Waals surface area contributed by atoms with Crippen LogP contribution in [0.2, 0.25) is 0 Å². The van der Waals surface area contributed by atoms with Crippen molar-refractivity contribution in [2.24, 2.45) is 0 Å². The third kappa shape index (κ3) is 3.62. The molecule has 1 amide bonds. The Labute approximate surface area is 104 Å². The zero-order chi connectivity index (χ0) is 13.1. The second-order valence-corrected chi connectivity index (χ2v) is 5.56. The van der Waals surface area contributed by atoms with E-state index in [1.807, 2.05) is 25.5 Å². The molecule has 0 saturated carbocycles. The molecule has 17 heavy (non-hydrogen) atoms. The highest BCUT2D eigenvalue weighted by molar-refractivity contribution is 5.93. The van der Waals surface area contributed by atoms with Crippen molar-refractivity contribution < 1.29 is 4.79 Å². The third-order valence-corrected chi connectivity index (χ3v) is 2.91. The van der Waals surface area contributed by atoms with Gasteiger partial charge in [0.25, 0.3) is 5.91 Å². The average Bonchev–Trinajstić information content (AvgIpc) is 2.73. The van der Waals surface area contributed by atoms with Crippen molar-refractivity contribution in [3.05, 3.63) is 24.0 Å². The van der Waals surface area contributed by atoms with Crippen LogP contribution in [0.5, 0.6) is 0 Å². The topological polar surface area (TPSA) is 25.2 Å². The van der Waals surface area contributed by atoms with Gasteiger partial charge in [-0.25, -0.2) is 0 Å². The van der Waals surface area contributed by atoms with E-state index >= 15 is 0 Å². The number of hydrogen-bond donors (Lipinski definition) is 0. The van der Waals surface area contributed by atoms with Crippen LogP contribution >= 0.6 is 0 Å². The van der Waals surface area contributed by atoms with Gasteiger partial charge in [-0.05, 0) is 33.3 Å². The molecule has 0 bridgehead atoms. The molecular formula is C14H24N2O. The molecule has 0 aliphatic heterocycles. The van der Waals surface area contributed by atoms with Crippen LogP contribution in [-0.2, 0) is 5.54 Å². The van der Waals surface area contributed by atoms with E-state index in [1.54, 1.807) is 4.90 Å². The van der Waals surface area contributed by atoms with Crippen molar-refractivity contribution in [1.29, 1.82) is 0 Å². The van der Waals surface area contributed by atoms with Crippen molar-refractivity contribution in [2.75, 3.05) is 13.6 Å². The summed E-state index contributed by atoms with van der Waals surface area (Å²) < 4.78 is 2.08. The number of aromatic nitrogens is 1. The molecular weight excluding hydrogens is 212 g/mol.